The number of carbonyl (C=O) groups excluding carboxylic acids is 3. The van der Waals surface area contributed by atoms with Crippen LogP contribution in [0.1, 0.15) is 57.0 Å². The number of hydrogen-bond acceptors (Lipinski definition) is 11. The molecule has 15 heteroatoms. The van der Waals surface area contributed by atoms with Crippen LogP contribution >= 0.6 is 0 Å². The van der Waals surface area contributed by atoms with Crippen LogP contribution in [0.25, 0.3) is 11.2 Å². The Balaban J connectivity index is 1.07. The number of aliphatic hydroxyl groups excluding tert-OH is 2. The maximum atomic E-state index is 12.5. The fourth-order valence-corrected chi connectivity index (χ4v) is 5.50. The van der Waals surface area contributed by atoms with Gasteiger partial charge in [-0.15, -0.1) is 0 Å². The maximum Gasteiger partial charge on any atom is 0.411 e. The molecule has 6 rings (SSSR count). The van der Waals surface area contributed by atoms with E-state index in [2.05, 4.69) is 32.1 Å². The van der Waals surface area contributed by atoms with E-state index >= 15 is 0 Å². The lowest BCUT2D eigenvalue weighted by molar-refractivity contribution is -0.137. The molecule has 2 aromatic rings. The average molecular weight is 583 g/mol. The van der Waals surface area contributed by atoms with E-state index in [4.69, 9.17) is 15.2 Å². The summed E-state index contributed by atoms with van der Waals surface area (Å²) in [4.78, 5) is 52.8. The summed E-state index contributed by atoms with van der Waals surface area (Å²) in [5, 5.41) is 23.9. The minimum atomic E-state index is -1.42. The zero-order valence-electron chi connectivity index (χ0n) is 23.2. The summed E-state index contributed by atoms with van der Waals surface area (Å²) < 4.78 is 12.7. The lowest BCUT2D eigenvalue weighted by atomic mass is 9.94. The van der Waals surface area contributed by atoms with Crippen molar-refractivity contribution in [3.05, 3.63) is 12.2 Å². The van der Waals surface area contributed by atoms with E-state index in [1.165, 1.54) is 15.8 Å². The van der Waals surface area contributed by atoms with E-state index in [0.29, 0.717) is 32.4 Å². The molecule has 3 saturated heterocycles. The highest BCUT2D eigenvalue weighted by Gasteiger charge is 2.48. The number of nitrogens with two attached hydrogens (primary N) is 1. The van der Waals surface area contributed by atoms with Crippen LogP contribution in [0.3, 0.4) is 0 Å². The molecule has 4 fully saturated rings. The number of carbonyl (C=O) groups is 3. The van der Waals surface area contributed by atoms with Crippen molar-refractivity contribution in [2.24, 2.45) is 5.92 Å². The monoisotopic (exact) mass is 582 g/mol. The Kier molecular flexibility index (Phi) is 7.60. The van der Waals surface area contributed by atoms with Gasteiger partial charge in [-0.1, -0.05) is 5.92 Å². The second-order valence-corrected chi connectivity index (χ2v) is 11.3. The molecule has 5 heterocycles. The third-order valence-corrected chi connectivity index (χ3v) is 8.27. The van der Waals surface area contributed by atoms with Gasteiger partial charge in [0.1, 0.15) is 17.7 Å². The zero-order chi connectivity index (χ0) is 29.5. The molecule has 42 heavy (non-hydrogen) atoms. The average Bonchev–Trinajstić information content (AvgIpc) is 3.50. The lowest BCUT2D eigenvalue weighted by Crippen LogP contribution is -2.43. The molecule has 5 N–H and O–H groups in total. The predicted octanol–water partition coefficient (Wildman–Crippen LogP) is -0.525. The van der Waals surface area contributed by atoms with Crippen LogP contribution in [-0.4, -0.2) is 108 Å². The Morgan fingerprint density at radius 1 is 1.17 bits per heavy atom. The zero-order valence-corrected chi connectivity index (χ0v) is 23.2. The summed E-state index contributed by atoms with van der Waals surface area (Å²) in [7, 11) is 1.64. The number of aromatic nitrogens is 4. The minimum Gasteiger partial charge on any atom is -0.425 e. The first-order valence-corrected chi connectivity index (χ1v) is 14.2. The number of nitrogens with zero attached hydrogens (tertiary/aromatic N) is 6. The number of likely N-dealkylation sites (tertiary alicyclic amines) is 2. The second-order valence-electron chi connectivity index (χ2n) is 11.3. The number of nitrogen functional groups attached to an aromatic ring is 1. The van der Waals surface area contributed by atoms with Gasteiger partial charge in [0.25, 0.3) is 5.91 Å². The van der Waals surface area contributed by atoms with E-state index < -0.39 is 42.8 Å². The Morgan fingerprint density at radius 2 is 1.93 bits per heavy atom. The Hall–Kier alpha value is -4.00. The van der Waals surface area contributed by atoms with Gasteiger partial charge < -0.3 is 40.5 Å². The standard InChI is InChI=1S/C27H34N8O7/c1-33-17(36)7-8-18(33)41-27(40)34-11-9-14(10-12-34)3-2-4-16-31-23(28)19-24(32-16)35(13-29-19)26-21(38)20(37)22(42-26)25(39)30-15-5-6-15/h13-15,18,20-22,26,37-38H,3,5-12H2,1H3,(H,30,39)(H2,28,31,32)/t18?,20?,21-,22-,26+/m0/s1. The molecule has 0 spiro atoms. The maximum absolute atomic E-state index is 12.5. The van der Waals surface area contributed by atoms with Gasteiger partial charge in [-0.05, 0) is 37.5 Å². The van der Waals surface area contributed by atoms with E-state index in [9.17, 15) is 24.6 Å². The summed E-state index contributed by atoms with van der Waals surface area (Å²) in [6, 6.07) is 0.0771. The quantitative estimate of drug-likeness (QED) is 0.331. The third kappa shape index (κ3) is 5.57. The first kappa shape index (κ1) is 28.1. The molecule has 15 nitrogen and oxygen atoms in total. The van der Waals surface area contributed by atoms with Crippen LogP contribution in [0, 0.1) is 17.8 Å². The molecular weight excluding hydrogens is 548 g/mol. The molecule has 2 aromatic heterocycles. The predicted molar refractivity (Wildman–Crippen MR) is 145 cm³/mol. The molecule has 224 valence electrons. The van der Waals surface area contributed by atoms with E-state index in [0.717, 1.165) is 25.7 Å². The van der Waals surface area contributed by atoms with Gasteiger partial charge in [0.05, 0.1) is 6.33 Å². The largest absolute Gasteiger partial charge is 0.425 e. The van der Waals surface area contributed by atoms with Crippen molar-refractivity contribution in [1.82, 2.24) is 34.6 Å². The van der Waals surface area contributed by atoms with Crippen molar-refractivity contribution in [3.8, 4) is 11.8 Å². The number of piperidine rings is 1. The van der Waals surface area contributed by atoms with E-state index in [1.54, 1.807) is 11.9 Å². The molecule has 0 bridgehead atoms. The van der Waals surface area contributed by atoms with Crippen LogP contribution in [0.4, 0.5) is 10.6 Å². The number of ether oxygens (including phenoxy) is 2. The van der Waals surface area contributed by atoms with E-state index in [1.807, 2.05) is 0 Å². The van der Waals surface area contributed by atoms with Gasteiger partial charge in [-0.2, -0.15) is 0 Å². The van der Waals surface area contributed by atoms with Crippen LogP contribution in [0.5, 0.6) is 0 Å². The number of nitrogens with one attached hydrogen (secondary N) is 1. The van der Waals surface area contributed by atoms with Gasteiger partial charge in [-0.25, -0.2) is 19.7 Å². The molecule has 5 atom stereocenters. The Morgan fingerprint density at radius 3 is 2.62 bits per heavy atom. The molecular formula is C27H34N8O7. The van der Waals surface area contributed by atoms with Gasteiger partial charge >= 0.3 is 6.09 Å². The van der Waals surface area contributed by atoms with Crippen molar-refractivity contribution in [3.63, 3.8) is 0 Å². The first-order valence-electron chi connectivity index (χ1n) is 14.2. The molecule has 2 unspecified atom stereocenters. The van der Waals surface area contributed by atoms with Gasteiger partial charge in [0, 0.05) is 45.4 Å². The SMILES string of the molecule is CN1C(=O)CCC1OC(=O)N1CCC(CC#Cc2nc(N)c3ncn([C@@H]4O[C@H](C(=O)NC5CC5)C(O)[C@@H]4O)c3n2)CC1. The number of rotatable bonds is 5. The smallest absolute Gasteiger partial charge is 0.411 e. The van der Waals surface area contributed by atoms with Crippen LogP contribution < -0.4 is 11.1 Å². The van der Waals surface area contributed by atoms with Crippen molar-refractivity contribution < 1.29 is 34.1 Å². The third-order valence-electron chi connectivity index (χ3n) is 8.27. The normalized spacial score (nSPS) is 28.2. The Labute approximate surface area is 241 Å². The lowest BCUT2D eigenvalue weighted by Gasteiger charge is -2.32. The fraction of sp³-hybridized carbons (Fsp3) is 0.630. The van der Waals surface area contributed by atoms with Crippen LogP contribution in [0.15, 0.2) is 6.33 Å². The van der Waals surface area contributed by atoms with Crippen molar-refractivity contribution in [2.45, 2.75) is 81.8 Å². The van der Waals surface area contributed by atoms with Crippen LogP contribution in [0.2, 0.25) is 0 Å². The number of amides is 3. The Bertz CT molecular complexity index is 1440. The molecule has 1 aliphatic carbocycles. The molecule has 0 radical (unpaired) electrons. The van der Waals surface area contributed by atoms with Crippen molar-refractivity contribution in [2.75, 3.05) is 25.9 Å². The highest BCUT2D eigenvalue weighted by atomic mass is 16.6. The molecule has 3 amide bonds. The van der Waals surface area contributed by atoms with E-state index in [-0.39, 0.29) is 40.7 Å². The summed E-state index contributed by atoms with van der Waals surface area (Å²) >= 11 is 0. The first-order chi connectivity index (χ1) is 20.2. The summed E-state index contributed by atoms with van der Waals surface area (Å²) in [5.74, 6) is 6.08. The van der Waals surface area contributed by atoms with Gasteiger partial charge in [0.2, 0.25) is 11.7 Å². The van der Waals surface area contributed by atoms with Crippen LogP contribution in [-0.2, 0) is 19.1 Å². The number of hydrogen-bond donors (Lipinski definition) is 4. The summed E-state index contributed by atoms with van der Waals surface area (Å²) in [6.07, 6.45) is 0.0390. The topological polar surface area (TPSA) is 198 Å². The molecule has 0 aromatic carbocycles. The highest BCUT2D eigenvalue weighted by Crippen LogP contribution is 2.33. The van der Waals surface area contributed by atoms with Gasteiger partial charge in [0.15, 0.2) is 30.0 Å². The number of aliphatic hydroxyl groups is 2. The minimum absolute atomic E-state index is 0.0236. The van der Waals surface area contributed by atoms with Crippen molar-refractivity contribution in [1.29, 1.82) is 0 Å². The molecule has 1 saturated carbocycles. The molecule has 4 aliphatic rings. The fourth-order valence-electron chi connectivity index (χ4n) is 5.50. The summed E-state index contributed by atoms with van der Waals surface area (Å²) in [5.41, 5.74) is 6.66. The number of anilines is 1. The molecule has 3 aliphatic heterocycles. The highest BCUT2D eigenvalue weighted by molar-refractivity contribution is 5.83. The summed E-state index contributed by atoms with van der Waals surface area (Å²) in [6.45, 7) is 1.08. The van der Waals surface area contributed by atoms with Crippen molar-refractivity contribution >= 4 is 34.9 Å². The van der Waals surface area contributed by atoms with Gasteiger partial charge in [-0.3, -0.25) is 14.2 Å². The second kappa shape index (κ2) is 11.3. The number of imidazole rings is 1. The number of fused-ring (bicyclic) bond motifs is 1.